The molecule has 4 aromatic rings. The van der Waals surface area contributed by atoms with Gasteiger partial charge in [0.2, 0.25) is 11.7 Å². The molecular formula is C26H23N3O4S2. The van der Waals surface area contributed by atoms with Crippen molar-refractivity contribution < 1.29 is 17.7 Å². The first kappa shape index (κ1) is 23.3. The van der Waals surface area contributed by atoms with E-state index in [1.807, 2.05) is 56.3 Å². The van der Waals surface area contributed by atoms with E-state index >= 15 is 0 Å². The summed E-state index contributed by atoms with van der Waals surface area (Å²) in [5.74, 6) is 0.484. The maximum Gasteiger partial charge on any atom is 0.259 e. The topological polar surface area (TPSA) is 93.4 Å². The van der Waals surface area contributed by atoms with Crippen LogP contribution >= 0.6 is 11.8 Å². The fourth-order valence-electron chi connectivity index (χ4n) is 3.94. The smallest absolute Gasteiger partial charge is 0.259 e. The molecule has 0 fully saturated rings. The Labute approximate surface area is 208 Å². The zero-order chi connectivity index (χ0) is 24.6. The van der Waals surface area contributed by atoms with Crippen LogP contribution in [0.5, 0.6) is 0 Å². The summed E-state index contributed by atoms with van der Waals surface area (Å²) < 4.78 is 30.7. The highest BCUT2D eigenvalue weighted by Crippen LogP contribution is 2.42. The molecule has 9 heteroatoms. The SMILES string of the molecule is CCN1C(=O)c2ccccc2Sc2cc(-c3noc(CCS(=O)(=O)c4ccc(C)cc4)n3)ccc21. The highest BCUT2D eigenvalue weighted by Gasteiger charge is 2.27. The van der Waals surface area contributed by atoms with Crippen LogP contribution in [0.15, 0.2) is 85.9 Å². The third-order valence-electron chi connectivity index (χ3n) is 5.84. The van der Waals surface area contributed by atoms with Crippen LogP contribution in [0.25, 0.3) is 11.4 Å². The molecule has 7 nitrogen and oxygen atoms in total. The van der Waals surface area contributed by atoms with Gasteiger partial charge in [0.25, 0.3) is 5.91 Å². The second kappa shape index (κ2) is 9.31. The molecule has 1 aliphatic heterocycles. The van der Waals surface area contributed by atoms with E-state index in [9.17, 15) is 13.2 Å². The molecule has 178 valence electrons. The van der Waals surface area contributed by atoms with Gasteiger partial charge in [-0.15, -0.1) is 0 Å². The van der Waals surface area contributed by atoms with E-state index in [4.69, 9.17) is 4.52 Å². The molecular weight excluding hydrogens is 482 g/mol. The average Bonchev–Trinajstić information content (AvgIpc) is 3.29. The van der Waals surface area contributed by atoms with E-state index in [2.05, 4.69) is 10.1 Å². The molecule has 0 radical (unpaired) electrons. The van der Waals surface area contributed by atoms with Crippen molar-refractivity contribution >= 4 is 33.2 Å². The lowest BCUT2D eigenvalue weighted by atomic mass is 10.1. The van der Waals surface area contributed by atoms with Crippen LogP contribution in [-0.4, -0.2) is 36.8 Å². The minimum absolute atomic E-state index is 0.0290. The minimum Gasteiger partial charge on any atom is -0.339 e. The molecule has 0 saturated heterocycles. The Kier molecular flexibility index (Phi) is 6.21. The Morgan fingerprint density at radius 1 is 1.00 bits per heavy atom. The number of nitrogens with zero attached hydrogens (tertiary/aromatic N) is 3. The summed E-state index contributed by atoms with van der Waals surface area (Å²) in [4.78, 5) is 21.4. The summed E-state index contributed by atoms with van der Waals surface area (Å²) in [6.45, 7) is 4.40. The molecule has 3 aromatic carbocycles. The van der Waals surface area contributed by atoms with Crippen LogP contribution in [0.4, 0.5) is 5.69 Å². The zero-order valence-corrected chi connectivity index (χ0v) is 20.9. The molecule has 0 atom stereocenters. The van der Waals surface area contributed by atoms with Gasteiger partial charge in [-0.3, -0.25) is 4.79 Å². The van der Waals surface area contributed by atoms with Crippen molar-refractivity contribution in [3.63, 3.8) is 0 Å². The van der Waals surface area contributed by atoms with Gasteiger partial charge in [-0.1, -0.05) is 46.7 Å². The van der Waals surface area contributed by atoms with Crippen LogP contribution < -0.4 is 4.90 Å². The van der Waals surface area contributed by atoms with Gasteiger partial charge in [0.15, 0.2) is 9.84 Å². The standard InChI is InChI=1S/C26H23N3O4S2/c1-3-29-21-13-10-18(16-23(21)34-22-7-5-4-6-20(22)26(29)30)25-27-24(33-28-25)14-15-35(31,32)19-11-8-17(2)9-12-19/h4-13,16H,3,14-15H2,1-2H3. The van der Waals surface area contributed by atoms with Gasteiger partial charge < -0.3 is 9.42 Å². The third kappa shape index (κ3) is 4.61. The van der Waals surface area contributed by atoms with Crippen LogP contribution in [0.2, 0.25) is 0 Å². The number of hydrogen-bond acceptors (Lipinski definition) is 7. The first-order valence-corrected chi connectivity index (χ1v) is 13.7. The van der Waals surface area contributed by atoms with Gasteiger partial charge in [0, 0.05) is 28.3 Å². The quantitative estimate of drug-likeness (QED) is 0.356. The van der Waals surface area contributed by atoms with Crippen molar-refractivity contribution in [1.29, 1.82) is 0 Å². The maximum atomic E-state index is 13.1. The van der Waals surface area contributed by atoms with E-state index in [1.165, 1.54) is 11.8 Å². The van der Waals surface area contributed by atoms with Gasteiger partial charge in [0.1, 0.15) is 0 Å². The molecule has 0 aliphatic carbocycles. The van der Waals surface area contributed by atoms with Crippen molar-refractivity contribution in [2.45, 2.75) is 35.0 Å². The van der Waals surface area contributed by atoms with Crippen LogP contribution in [-0.2, 0) is 16.3 Å². The van der Waals surface area contributed by atoms with E-state index in [1.54, 1.807) is 29.2 Å². The Hall–Kier alpha value is -3.43. The monoisotopic (exact) mass is 505 g/mol. The number of fused-ring (bicyclic) bond motifs is 2. The predicted molar refractivity (Wildman–Crippen MR) is 135 cm³/mol. The largest absolute Gasteiger partial charge is 0.339 e. The number of amides is 1. The van der Waals surface area contributed by atoms with Crippen LogP contribution in [0, 0.1) is 6.92 Å². The Bertz CT molecular complexity index is 1510. The van der Waals surface area contributed by atoms with Crippen molar-refractivity contribution in [1.82, 2.24) is 10.1 Å². The van der Waals surface area contributed by atoms with E-state index in [0.717, 1.165) is 26.6 Å². The van der Waals surface area contributed by atoms with Crippen molar-refractivity contribution in [2.75, 3.05) is 17.2 Å². The number of sulfone groups is 1. The third-order valence-corrected chi connectivity index (χ3v) is 8.70. The van der Waals surface area contributed by atoms with Crippen LogP contribution in [0.3, 0.4) is 0 Å². The first-order chi connectivity index (χ1) is 16.9. The van der Waals surface area contributed by atoms with Gasteiger partial charge >= 0.3 is 0 Å². The fraction of sp³-hybridized carbons (Fsp3) is 0.192. The summed E-state index contributed by atoms with van der Waals surface area (Å²) >= 11 is 1.53. The number of rotatable bonds is 6. The van der Waals surface area contributed by atoms with Gasteiger partial charge in [-0.05, 0) is 56.3 Å². The fourth-order valence-corrected chi connectivity index (χ4v) is 6.28. The molecule has 0 unspecified atom stereocenters. The van der Waals surface area contributed by atoms with E-state index in [-0.39, 0.29) is 28.9 Å². The highest BCUT2D eigenvalue weighted by molar-refractivity contribution is 7.99. The molecule has 0 saturated carbocycles. The number of aromatic nitrogens is 2. The van der Waals surface area contributed by atoms with E-state index in [0.29, 0.717) is 17.9 Å². The lowest BCUT2D eigenvalue weighted by Gasteiger charge is -2.21. The maximum absolute atomic E-state index is 13.1. The molecule has 5 rings (SSSR count). The summed E-state index contributed by atoms with van der Waals surface area (Å²) in [6.07, 6.45) is 0.119. The normalized spacial score (nSPS) is 13.3. The Morgan fingerprint density at radius 2 is 1.77 bits per heavy atom. The van der Waals surface area contributed by atoms with E-state index < -0.39 is 9.84 Å². The number of hydrogen-bond donors (Lipinski definition) is 0. The lowest BCUT2D eigenvalue weighted by molar-refractivity contribution is 0.0985. The number of anilines is 1. The highest BCUT2D eigenvalue weighted by atomic mass is 32.2. The first-order valence-electron chi connectivity index (χ1n) is 11.2. The van der Waals surface area contributed by atoms with Crippen molar-refractivity contribution in [3.8, 4) is 11.4 Å². The zero-order valence-electron chi connectivity index (χ0n) is 19.3. The van der Waals surface area contributed by atoms with Gasteiger partial charge in [-0.2, -0.15) is 4.98 Å². The van der Waals surface area contributed by atoms with Gasteiger partial charge in [-0.25, -0.2) is 8.42 Å². The summed E-state index contributed by atoms with van der Waals surface area (Å²) in [5.41, 5.74) is 3.24. The molecule has 1 amide bonds. The minimum atomic E-state index is -3.46. The molecule has 0 spiro atoms. The molecule has 0 N–H and O–H groups in total. The summed E-state index contributed by atoms with van der Waals surface area (Å²) in [7, 11) is -3.46. The summed E-state index contributed by atoms with van der Waals surface area (Å²) in [6, 6.07) is 20.0. The second-order valence-corrected chi connectivity index (χ2v) is 11.4. The number of carbonyl (C=O) groups excluding carboxylic acids is 1. The lowest BCUT2D eigenvalue weighted by Crippen LogP contribution is -2.30. The Balaban J connectivity index is 1.39. The van der Waals surface area contributed by atoms with Crippen LogP contribution in [0.1, 0.15) is 28.7 Å². The number of carbonyl (C=O) groups is 1. The second-order valence-electron chi connectivity index (χ2n) is 8.22. The van der Waals surface area contributed by atoms with Crippen molar-refractivity contribution in [3.05, 3.63) is 83.7 Å². The number of benzene rings is 3. The average molecular weight is 506 g/mol. The predicted octanol–water partition coefficient (Wildman–Crippen LogP) is 5.19. The summed E-state index contributed by atoms with van der Waals surface area (Å²) in [5, 5.41) is 4.07. The van der Waals surface area contributed by atoms with Gasteiger partial charge in [0.05, 0.1) is 21.9 Å². The van der Waals surface area contributed by atoms with Crippen molar-refractivity contribution in [2.24, 2.45) is 0 Å². The number of aryl methyl sites for hydroxylation is 2. The molecule has 0 bridgehead atoms. The Morgan fingerprint density at radius 3 is 2.54 bits per heavy atom. The molecule has 1 aliphatic rings. The molecule has 35 heavy (non-hydrogen) atoms. The molecule has 1 aromatic heterocycles. The molecule has 2 heterocycles.